The summed E-state index contributed by atoms with van der Waals surface area (Å²) in [5, 5.41) is 9.21. The maximum atomic E-state index is 9.21. The lowest BCUT2D eigenvalue weighted by molar-refractivity contribution is 0.308. The van der Waals surface area contributed by atoms with E-state index in [9.17, 15) is 5.26 Å². The molecule has 0 saturated heterocycles. The van der Waals surface area contributed by atoms with Gasteiger partial charge in [0.15, 0.2) is 0 Å². The zero-order valence-electron chi connectivity index (χ0n) is 23.7. The maximum Gasteiger partial charge on any atom is 0.131 e. The van der Waals surface area contributed by atoms with Gasteiger partial charge in [0.05, 0.1) is 24.5 Å². The minimum Gasteiger partial charge on any atom is -0.493 e. The van der Waals surface area contributed by atoms with E-state index in [1.165, 1.54) is 5.56 Å². The standard InChI is InChI=1S/C35H33N3O3S/c1-26-34(37-42-2)9-4-10-35(26)38(24-28-13-11-27(23-36)12-14-28)25-29-15-17-31(18-16-29)41-33-7-3-6-32(22-33)40-21-19-30-8-5-20-39-30/h3-18,20,22,37H,19,21,24-25H2,1-2H3. The normalized spacial score (nSPS) is 10.6. The smallest absolute Gasteiger partial charge is 0.131 e. The summed E-state index contributed by atoms with van der Waals surface area (Å²) in [4.78, 5) is 2.36. The van der Waals surface area contributed by atoms with Crippen molar-refractivity contribution in [2.75, 3.05) is 22.5 Å². The minimum atomic E-state index is 0.528. The molecule has 0 bridgehead atoms. The number of anilines is 2. The van der Waals surface area contributed by atoms with Crippen LogP contribution >= 0.6 is 11.9 Å². The topological polar surface area (TPSA) is 70.7 Å². The Morgan fingerprint density at radius 2 is 1.55 bits per heavy atom. The minimum absolute atomic E-state index is 0.528. The second kappa shape index (κ2) is 14.2. The van der Waals surface area contributed by atoms with Crippen molar-refractivity contribution in [2.45, 2.75) is 26.4 Å². The summed E-state index contributed by atoms with van der Waals surface area (Å²) < 4.78 is 20.8. The van der Waals surface area contributed by atoms with Gasteiger partial charge < -0.3 is 23.5 Å². The summed E-state index contributed by atoms with van der Waals surface area (Å²) in [6.45, 7) is 4.09. The number of nitrogens with one attached hydrogen (secondary N) is 1. The van der Waals surface area contributed by atoms with E-state index in [1.807, 2.05) is 79.1 Å². The second-order valence-corrected chi connectivity index (χ2v) is 10.4. The fraction of sp³-hybridized carbons (Fsp3) is 0.171. The average Bonchev–Trinajstić information content (AvgIpc) is 3.53. The average molecular weight is 576 g/mol. The molecule has 1 aromatic heterocycles. The van der Waals surface area contributed by atoms with Gasteiger partial charge in [-0.3, -0.25) is 0 Å². The van der Waals surface area contributed by atoms with Gasteiger partial charge in [0.25, 0.3) is 0 Å². The molecule has 0 fully saturated rings. The first-order chi connectivity index (χ1) is 20.6. The van der Waals surface area contributed by atoms with Crippen molar-refractivity contribution in [1.82, 2.24) is 0 Å². The molecular weight excluding hydrogens is 542 g/mol. The second-order valence-electron chi connectivity index (χ2n) is 9.82. The summed E-state index contributed by atoms with van der Waals surface area (Å²) in [5.41, 5.74) is 6.40. The van der Waals surface area contributed by atoms with Crippen molar-refractivity contribution in [3.63, 3.8) is 0 Å². The van der Waals surface area contributed by atoms with Crippen LogP contribution in [0.2, 0.25) is 0 Å². The summed E-state index contributed by atoms with van der Waals surface area (Å²) in [5.74, 6) is 3.13. The third kappa shape index (κ3) is 7.68. The number of ether oxygens (including phenoxy) is 2. The van der Waals surface area contributed by atoms with Gasteiger partial charge in [-0.1, -0.05) is 48.3 Å². The Balaban J connectivity index is 1.28. The van der Waals surface area contributed by atoms with Gasteiger partial charge in [-0.2, -0.15) is 5.26 Å². The van der Waals surface area contributed by atoms with E-state index in [1.54, 1.807) is 18.2 Å². The van der Waals surface area contributed by atoms with Gasteiger partial charge >= 0.3 is 0 Å². The predicted octanol–water partition coefficient (Wildman–Crippen LogP) is 8.77. The highest BCUT2D eigenvalue weighted by atomic mass is 32.2. The number of hydrogen-bond donors (Lipinski definition) is 1. The zero-order chi connectivity index (χ0) is 29.1. The molecule has 6 nitrogen and oxygen atoms in total. The van der Waals surface area contributed by atoms with Crippen LogP contribution in [-0.2, 0) is 19.5 Å². The molecule has 0 spiro atoms. The molecule has 5 aromatic rings. The van der Waals surface area contributed by atoms with Crippen molar-refractivity contribution < 1.29 is 13.9 Å². The first-order valence-electron chi connectivity index (χ1n) is 13.8. The molecule has 0 aliphatic carbocycles. The molecule has 0 saturated carbocycles. The Morgan fingerprint density at radius 1 is 0.833 bits per heavy atom. The molecule has 4 aromatic carbocycles. The maximum absolute atomic E-state index is 9.21. The van der Waals surface area contributed by atoms with Crippen LogP contribution in [0.15, 0.2) is 114 Å². The molecule has 0 aliphatic rings. The number of nitriles is 1. The number of hydrogen-bond acceptors (Lipinski definition) is 7. The van der Waals surface area contributed by atoms with Crippen LogP contribution in [-0.4, -0.2) is 12.9 Å². The van der Waals surface area contributed by atoms with Crippen LogP contribution in [0.1, 0.15) is 28.0 Å². The highest BCUT2D eigenvalue weighted by Gasteiger charge is 2.14. The molecule has 5 rings (SSSR count). The van der Waals surface area contributed by atoms with Crippen LogP contribution in [0.25, 0.3) is 0 Å². The monoisotopic (exact) mass is 575 g/mol. The van der Waals surface area contributed by atoms with Gasteiger partial charge in [0, 0.05) is 43.2 Å². The van der Waals surface area contributed by atoms with Gasteiger partial charge in [-0.25, -0.2) is 0 Å². The van der Waals surface area contributed by atoms with Crippen LogP contribution < -0.4 is 19.1 Å². The lowest BCUT2D eigenvalue weighted by atomic mass is 10.1. The Morgan fingerprint density at radius 3 is 2.24 bits per heavy atom. The van der Waals surface area contributed by atoms with Crippen LogP contribution in [0.3, 0.4) is 0 Å². The van der Waals surface area contributed by atoms with Gasteiger partial charge in [-0.05, 0) is 84.3 Å². The van der Waals surface area contributed by atoms with Gasteiger partial charge in [-0.15, -0.1) is 0 Å². The molecule has 1 N–H and O–H groups in total. The molecule has 42 heavy (non-hydrogen) atoms. The van der Waals surface area contributed by atoms with E-state index in [0.29, 0.717) is 31.7 Å². The predicted molar refractivity (Wildman–Crippen MR) is 170 cm³/mol. The number of nitrogens with zero attached hydrogens (tertiary/aromatic N) is 2. The molecule has 0 radical (unpaired) electrons. The molecule has 1 heterocycles. The van der Waals surface area contributed by atoms with E-state index < -0.39 is 0 Å². The number of furan rings is 1. The summed E-state index contributed by atoms with van der Waals surface area (Å²) in [6.07, 6.45) is 4.40. The third-order valence-corrected chi connectivity index (χ3v) is 7.27. The Kier molecular flexibility index (Phi) is 9.71. The summed E-state index contributed by atoms with van der Waals surface area (Å²) in [7, 11) is 0. The third-order valence-electron chi connectivity index (χ3n) is 6.85. The number of benzene rings is 4. The fourth-order valence-corrected chi connectivity index (χ4v) is 5.13. The number of rotatable bonds is 13. The first-order valence-corrected chi connectivity index (χ1v) is 15.0. The summed E-state index contributed by atoms with van der Waals surface area (Å²) in [6, 6.07) is 36.0. The molecule has 0 aliphatic heterocycles. The molecule has 212 valence electrons. The Labute approximate surface area is 251 Å². The van der Waals surface area contributed by atoms with Crippen molar-refractivity contribution in [3.8, 4) is 23.3 Å². The van der Waals surface area contributed by atoms with E-state index in [4.69, 9.17) is 13.9 Å². The van der Waals surface area contributed by atoms with Gasteiger partial charge in [0.1, 0.15) is 23.0 Å². The molecule has 7 heteroatoms. The quantitative estimate of drug-likeness (QED) is 0.141. The van der Waals surface area contributed by atoms with Crippen molar-refractivity contribution in [1.29, 1.82) is 5.26 Å². The highest BCUT2D eigenvalue weighted by Crippen LogP contribution is 2.31. The lowest BCUT2D eigenvalue weighted by Crippen LogP contribution is -2.23. The van der Waals surface area contributed by atoms with E-state index in [2.05, 4.69) is 52.9 Å². The van der Waals surface area contributed by atoms with E-state index in [-0.39, 0.29) is 0 Å². The largest absolute Gasteiger partial charge is 0.493 e. The highest BCUT2D eigenvalue weighted by molar-refractivity contribution is 7.99. The Hall–Kier alpha value is -4.80. The SMILES string of the molecule is CSNc1cccc(N(Cc2ccc(C#N)cc2)Cc2ccc(Oc3cccc(OCCc4ccco4)c3)cc2)c1C. The van der Waals surface area contributed by atoms with Crippen LogP contribution in [0.5, 0.6) is 17.2 Å². The Bertz CT molecular complexity index is 1610. The summed E-state index contributed by atoms with van der Waals surface area (Å²) >= 11 is 1.58. The van der Waals surface area contributed by atoms with Crippen LogP contribution in [0, 0.1) is 18.3 Å². The fourth-order valence-electron chi connectivity index (χ4n) is 4.69. The van der Waals surface area contributed by atoms with Crippen LogP contribution in [0.4, 0.5) is 11.4 Å². The van der Waals surface area contributed by atoms with Gasteiger partial charge in [0.2, 0.25) is 0 Å². The molecule has 0 amide bonds. The van der Waals surface area contributed by atoms with E-state index >= 15 is 0 Å². The molecular formula is C35H33N3O3S. The lowest BCUT2D eigenvalue weighted by Gasteiger charge is -2.28. The zero-order valence-corrected chi connectivity index (χ0v) is 24.6. The molecule has 0 unspecified atom stereocenters. The van der Waals surface area contributed by atoms with Crippen molar-refractivity contribution in [3.05, 3.63) is 137 Å². The van der Waals surface area contributed by atoms with E-state index in [0.717, 1.165) is 45.5 Å². The van der Waals surface area contributed by atoms with Crippen molar-refractivity contribution in [2.24, 2.45) is 0 Å². The first kappa shape index (κ1) is 28.7. The van der Waals surface area contributed by atoms with Crippen molar-refractivity contribution >= 4 is 23.3 Å². The molecule has 0 atom stereocenters.